The summed E-state index contributed by atoms with van der Waals surface area (Å²) in [6.45, 7) is 1.89. The number of fused-ring (bicyclic) bond motifs is 1. The van der Waals surface area contributed by atoms with E-state index in [0.29, 0.717) is 18.9 Å². The molecule has 0 radical (unpaired) electrons. The predicted octanol–water partition coefficient (Wildman–Crippen LogP) is 2.07. The molecule has 30 heavy (non-hydrogen) atoms. The van der Waals surface area contributed by atoms with Crippen molar-refractivity contribution in [2.45, 2.75) is 19.4 Å². The number of piperidine rings is 1. The summed E-state index contributed by atoms with van der Waals surface area (Å²) in [5.74, 6) is 2.22. The van der Waals surface area contributed by atoms with Crippen LogP contribution in [0.15, 0.2) is 55.1 Å². The van der Waals surface area contributed by atoms with Crippen LogP contribution in [0.3, 0.4) is 0 Å². The summed E-state index contributed by atoms with van der Waals surface area (Å²) in [5.41, 5.74) is 1.88. The molecule has 152 valence electrons. The number of carbonyl (C=O) groups excluding carboxylic acids is 1. The van der Waals surface area contributed by atoms with Crippen molar-refractivity contribution in [3.8, 4) is 5.82 Å². The topological polar surface area (TPSA) is 105 Å². The molecule has 4 heterocycles. The van der Waals surface area contributed by atoms with Gasteiger partial charge in [-0.2, -0.15) is 0 Å². The lowest BCUT2D eigenvalue weighted by atomic mass is 9.97. The summed E-state index contributed by atoms with van der Waals surface area (Å²) in [5, 5.41) is 11.7. The Morgan fingerprint density at radius 1 is 1.17 bits per heavy atom. The number of para-hydroxylation sites is 2. The van der Waals surface area contributed by atoms with Crippen LogP contribution in [-0.2, 0) is 11.3 Å². The zero-order chi connectivity index (χ0) is 20.3. The van der Waals surface area contributed by atoms with Crippen LogP contribution in [-0.4, -0.2) is 48.7 Å². The number of rotatable bonds is 5. The van der Waals surface area contributed by atoms with Crippen molar-refractivity contribution in [3.63, 3.8) is 0 Å². The lowest BCUT2D eigenvalue weighted by molar-refractivity contribution is -0.125. The van der Waals surface area contributed by atoms with Crippen LogP contribution in [0, 0.1) is 5.92 Å². The second-order valence-corrected chi connectivity index (χ2v) is 7.42. The number of H-pyrrole nitrogens is 1. The monoisotopic (exact) mass is 402 g/mol. The third-order valence-corrected chi connectivity index (χ3v) is 5.39. The molecule has 3 aromatic heterocycles. The summed E-state index contributed by atoms with van der Waals surface area (Å²) in [7, 11) is 0. The number of aromatic nitrogens is 6. The minimum absolute atomic E-state index is 0.0446. The molecule has 0 unspecified atom stereocenters. The Balaban J connectivity index is 1.20. The third-order valence-electron chi connectivity index (χ3n) is 5.39. The van der Waals surface area contributed by atoms with Gasteiger partial charge in [-0.25, -0.2) is 9.97 Å². The molecule has 1 atom stereocenters. The first-order valence-electron chi connectivity index (χ1n) is 10.0. The van der Waals surface area contributed by atoms with Crippen molar-refractivity contribution >= 4 is 22.8 Å². The molecule has 1 aliphatic heterocycles. The van der Waals surface area contributed by atoms with Gasteiger partial charge in [-0.3, -0.25) is 9.36 Å². The number of anilines is 1. The van der Waals surface area contributed by atoms with Gasteiger partial charge in [0, 0.05) is 25.5 Å². The van der Waals surface area contributed by atoms with Crippen molar-refractivity contribution < 1.29 is 4.79 Å². The Morgan fingerprint density at radius 2 is 2.03 bits per heavy atom. The normalized spacial score (nSPS) is 16.7. The molecule has 1 aromatic carbocycles. The van der Waals surface area contributed by atoms with Crippen LogP contribution in [0.25, 0.3) is 16.9 Å². The average Bonchev–Trinajstić information content (AvgIpc) is 3.47. The molecule has 9 nitrogen and oxygen atoms in total. The standard InChI is InChI=1S/C21H22N8O/c30-21(23-12-18-24-16-5-1-2-6-17(16)25-18)15-4-3-10-28(13-15)19-7-8-20(27-26-19)29-11-9-22-14-29/h1-2,5-9,11,14-15H,3-4,10,12-13H2,(H,23,30)(H,24,25)/t15-/m1/s1. The lowest BCUT2D eigenvalue weighted by Gasteiger charge is -2.32. The molecule has 0 aliphatic carbocycles. The van der Waals surface area contributed by atoms with Crippen LogP contribution in [0.1, 0.15) is 18.7 Å². The van der Waals surface area contributed by atoms with Gasteiger partial charge in [0.15, 0.2) is 11.6 Å². The molecular weight excluding hydrogens is 380 g/mol. The van der Waals surface area contributed by atoms with Crippen LogP contribution in [0.4, 0.5) is 5.82 Å². The number of nitrogens with zero attached hydrogens (tertiary/aromatic N) is 6. The maximum absolute atomic E-state index is 12.7. The lowest BCUT2D eigenvalue weighted by Crippen LogP contribution is -2.43. The van der Waals surface area contributed by atoms with E-state index in [1.807, 2.05) is 42.6 Å². The van der Waals surface area contributed by atoms with Gasteiger partial charge >= 0.3 is 0 Å². The zero-order valence-corrected chi connectivity index (χ0v) is 16.4. The number of amides is 1. The van der Waals surface area contributed by atoms with Crippen LogP contribution in [0.2, 0.25) is 0 Å². The first-order valence-corrected chi connectivity index (χ1v) is 10.0. The number of hydrogen-bond donors (Lipinski definition) is 2. The fourth-order valence-electron chi connectivity index (χ4n) is 3.82. The highest BCUT2D eigenvalue weighted by Crippen LogP contribution is 2.22. The van der Waals surface area contributed by atoms with E-state index in [0.717, 1.165) is 42.1 Å². The summed E-state index contributed by atoms with van der Waals surface area (Å²) in [6, 6.07) is 11.7. The highest BCUT2D eigenvalue weighted by atomic mass is 16.1. The quantitative estimate of drug-likeness (QED) is 0.530. The Hall–Kier alpha value is -3.75. The summed E-state index contributed by atoms with van der Waals surface area (Å²) >= 11 is 0. The smallest absolute Gasteiger partial charge is 0.225 e. The van der Waals surface area contributed by atoms with Gasteiger partial charge in [-0.1, -0.05) is 12.1 Å². The number of imidazole rings is 2. The van der Waals surface area contributed by atoms with Crippen LogP contribution < -0.4 is 10.2 Å². The molecule has 9 heteroatoms. The van der Waals surface area contributed by atoms with Gasteiger partial charge in [0.2, 0.25) is 5.91 Å². The largest absolute Gasteiger partial charge is 0.354 e. The van der Waals surface area contributed by atoms with E-state index >= 15 is 0 Å². The summed E-state index contributed by atoms with van der Waals surface area (Å²) in [6.07, 6.45) is 7.02. The number of carbonyl (C=O) groups is 1. The minimum Gasteiger partial charge on any atom is -0.354 e. The first kappa shape index (κ1) is 18.3. The molecule has 1 saturated heterocycles. The molecule has 5 rings (SSSR count). The van der Waals surface area contributed by atoms with Crippen molar-refractivity contribution in [2.24, 2.45) is 5.92 Å². The Kier molecular flexibility index (Phi) is 4.84. The van der Waals surface area contributed by atoms with E-state index in [4.69, 9.17) is 0 Å². The maximum atomic E-state index is 12.7. The average molecular weight is 402 g/mol. The van der Waals surface area contributed by atoms with E-state index in [1.165, 1.54) is 0 Å². The Labute approximate surface area is 173 Å². The highest BCUT2D eigenvalue weighted by Gasteiger charge is 2.26. The molecular formula is C21H22N8O. The van der Waals surface area contributed by atoms with E-state index in [9.17, 15) is 4.79 Å². The molecule has 4 aromatic rings. The minimum atomic E-state index is -0.0850. The fourth-order valence-corrected chi connectivity index (χ4v) is 3.82. The van der Waals surface area contributed by atoms with E-state index in [2.05, 4.69) is 35.4 Å². The number of hydrogen-bond acceptors (Lipinski definition) is 6. The van der Waals surface area contributed by atoms with E-state index < -0.39 is 0 Å². The molecule has 0 spiro atoms. The predicted molar refractivity (Wildman–Crippen MR) is 112 cm³/mol. The summed E-state index contributed by atoms with van der Waals surface area (Å²) in [4.78, 5) is 26.7. The van der Waals surface area contributed by atoms with Crippen molar-refractivity contribution in [2.75, 3.05) is 18.0 Å². The van der Waals surface area contributed by atoms with Crippen molar-refractivity contribution in [3.05, 3.63) is 60.9 Å². The molecule has 2 N–H and O–H groups in total. The second kappa shape index (κ2) is 7.94. The molecule has 1 aliphatic rings. The number of aromatic amines is 1. The van der Waals surface area contributed by atoms with Crippen molar-refractivity contribution in [1.29, 1.82) is 0 Å². The second-order valence-electron chi connectivity index (χ2n) is 7.42. The highest BCUT2D eigenvalue weighted by molar-refractivity contribution is 5.80. The third kappa shape index (κ3) is 3.73. The van der Waals surface area contributed by atoms with Gasteiger partial charge in [0.1, 0.15) is 12.2 Å². The zero-order valence-electron chi connectivity index (χ0n) is 16.4. The summed E-state index contributed by atoms with van der Waals surface area (Å²) < 4.78 is 1.81. The number of nitrogens with one attached hydrogen (secondary N) is 2. The van der Waals surface area contributed by atoms with Gasteiger partial charge in [0.25, 0.3) is 0 Å². The number of benzene rings is 1. The fraction of sp³-hybridized carbons (Fsp3) is 0.286. The SMILES string of the molecule is O=C(NCc1nc2ccccc2[nH]1)[C@@H]1CCCN(c2ccc(-n3ccnc3)nn2)C1. The van der Waals surface area contributed by atoms with Gasteiger partial charge in [-0.15, -0.1) is 10.2 Å². The van der Waals surface area contributed by atoms with E-state index in [1.54, 1.807) is 17.1 Å². The molecule has 0 bridgehead atoms. The Morgan fingerprint density at radius 3 is 2.83 bits per heavy atom. The Bertz CT molecular complexity index is 1100. The molecule has 1 fully saturated rings. The van der Waals surface area contributed by atoms with Crippen molar-refractivity contribution in [1.82, 2.24) is 35.0 Å². The van der Waals surface area contributed by atoms with Gasteiger partial charge in [-0.05, 0) is 37.1 Å². The first-order chi connectivity index (χ1) is 14.8. The van der Waals surface area contributed by atoms with E-state index in [-0.39, 0.29) is 11.8 Å². The molecule has 1 amide bonds. The van der Waals surface area contributed by atoms with Gasteiger partial charge < -0.3 is 15.2 Å². The maximum Gasteiger partial charge on any atom is 0.225 e. The van der Waals surface area contributed by atoms with Gasteiger partial charge in [0.05, 0.1) is 23.5 Å². The molecule has 0 saturated carbocycles. The van der Waals surface area contributed by atoms with Crippen LogP contribution in [0.5, 0.6) is 0 Å². The van der Waals surface area contributed by atoms with Crippen LogP contribution >= 0.6 is 0 Å².